The Morgan fingerprint density at radius 3 is 2.82 bits per heavy atom. The highest BCUT2D eigenvalue weighted by Crippen LogP contribution is 2.28. The highest BCUT2D eigenvalue weighted by Gasteiger charge is 2.32. The van der Waals surface area contributed by atoms with Crippen molar-refractivity contribution >= 4 is 6.09 Å². The second-order valence-corrected chi connectivity index (χ2v) is 5.31. The Morgan fingerprint density at radius 1 is 1.47 bits per heavy atom. The van der Waals surface area contributed by atoms with Gasteiger partial charge in [-0.15, -0.1) is 0 Å². The zero-order valence-corrected chi connectivity index (χ0v) is 10.6. The number of aromatic nitrogens is 2. The molecule has 0 aliphatic carbocycles. The van der Waals surface area contributed by atoms with Crippen molar-refractivity contribution in [3.8, 4) is 0 Å². The van der Waals surface area contributed by atoms with E-state index in [1.54, 1.807) is 17.4 Å². The maximum atomic E-state index is 12.0. The molecule has 1 aliphatic rings. The van der Waals surface area contributed by atoms with Crippen LogP contribution in [0, 0.1) is 0 Å². The van der Waals surface area contributed by atoms with Gasteiger partial charge in [0.1, 0.15) is 11.8 Å². The fourth-order valence-corrected chi connectivity index (χ4v) is 2.04. The summed E-state index contributed by atoms with van der Waals surface area (Å²) in [4.78, 5) is 17.8. The van der Waals surface area contributed by atoms with Crippen molar-refractivity contribution in [1.29, 1.82) is 0 Å². The van der Waals surface area contributed by atoms with Crippen LogP contribution in [0.4, 0.5) is 4.79 Å². The number of carbonyl (C=O) groups is 1. The van der Waals surface area contributed by atoms with Gasteiger partial charge in [0, 0.05) is 18.9 Å². The topological polar surface area (TPSA) is 47.4 Å². The second kappa shape index (κ2) is 4.39. The monoisotopic (exact) mass is 237 g/mol. The quantitative estimate of drug-likeness (QED) is 0.753. The lowest BCUT2D eigenvalue weighted by Crippen LogP contribution is -2.37. The normalized spacial score (nSPS) is 20.6. The number of nitrogens with zero attached hydrogens (tertiary/aromatic N) is 3. The first-order chi connectivity index (χ1) is 7.97. The van der Waals surface area contributed by atoms with E-state index in [9.17, 15) is 4.79 Å². The number of carbonyl (C=O) groups excluding carboxylic acids is 1. The third-order valence-electron chi connectivity index (χ3n) is 2.72. The van der Waals surface area contributed by atoms with E-state index in [4.69, 9.17) is 4.74 Å². The van der Waals surface area contributed by atoms with Gasteiger partial charge in [-0.05, 0) is 33.6 Å². The van der Waals surface area contributed by atoms with E-state index in [0.717, 1.165) is 19.4 Å². The molecule has 1 aromatic rings. The molecule has 1 saturated heterocycles. The van der Waals surface area contributed by atoms with Crippen molar-refractivity contribution in [2.24, 2.45) is 0 Å². The molecule has 5 nitrogen and oxygen atoms in total. The van der Waals surface area contributed by atoms with Crippen molar-refractivity contribution in [2.75, 3.05) is 6.54 Å². The van der Waals surface area contributed by atoms with Gasteiger partial charge < -0.3 is 9.30 Å². The molecule has 17 heavy (non-hydrogen) atoms. The predicted octanol–water partition coefficient (Wildman–Crippen LogP) is 2.41. The van der Waals surface area contributed by atoms with Gasteiger partial charge in [0.25, 0.3) is 0 Å². The highest BCUT2D eigenvalue weighted by molar-refractivity contribution is 5.68. The maximum absolute atomic E-state index is 12.0. The molecule has 0 radical (unpaired) electrons. The molecule has 1 aromatic heterocycles. The summed E-state index contributed by atoms with van der Waals surface area (Å²) in [7, 11) is 0. The largest absolute Gasteiger partial charge is 0.444 e. The summed E-state index contributed by atoms with van der Waals surface area (Å²) in [5.41, 5.74) is -0.445. The number of likely N-dealkylation sites (tertiary alicyclic amines) is 1. The molecule has 1 fully saturated rings. The predicted molar refractivity (Wildman–Crippen MR) is 63.4 cm³/mol. The van der Waals surface area contributed by atoms with Gasteiger partial charge in [0.05, 0.1) is 6.33 Å². The van der Waals surface area contributed by atoms with Gasteiger partial charge in [-0.25, -0.2) is 9.78 Å². The SMILES string of the molecule is CC(C)(C)OC(=O)N1CCCC1n1ccnc1. The van der Waals surface area contributed by atoms with Crippen LogP contribution >= 0.6 is 0 Å². The minimum absolute atomic E-state index is 0.0485. The summed E-state index contributed by atoms with van der Waals surface area (Å²) in [6.45, 7) is 6.39. The first-order valence-corrected chi connectivity index (χ1v) is 5.94. The summed E-state index contributed by atoms with van der Waals surface area (Å²) in [5.74, 6) is 0. The molecule has 0 spiro atoms. The summed E-state index contributed by atoms with van der Waals surface area (Å²) >= 11 is 0. The van der Waals surface area contributed by atoms with Gasteiger partial charge >= 0.3 is 6.09 Å². The molecule has 2 heterocycles. The van der Waals surface area contributed by atoms with Crippen molar-refractivity contribution in [3.05, 3.63) is 18.7 Å². The Morgan fingerprint density at radius 2 is 2.24 bits per heavy atom. The van der Waals surface area contributed by atoms with Crippen molar-refractivity contribution in [2.45, 2.75) is 45.4 Å². The molecule has 94 valence electrons. The smallest absolute Gasteiger partial charge is 0.411 e. The maximum Gasteiger partial charge on any atom is 0.411 e. The van der Waals surface area contributed by atoms with Crippen LogP contribution in [0.2, 0.25) is 0 Å². The number of hydrogen-bond acceptors (Lipinski definition) is 3. The Labute approximate surface area is 101 Å². The van der Waals surface area contributed by atoms with Crippen LogP contribution < -0.4 is 0 Å². The number of amides is 1. The summed E-state index contributed by atoms with van der Waals surface area (Å²) in [6.07, 6.45) is 7.12. The van der Waals surface area contributed by atoms with Gasteiger partial charge in [-0.2, -0.15) is 0 Å². The molecule has 1 unspecified atom stereocenters. The highest BCUT2D eigenvalue weighted by atomic mass is 16.6. The average Bonchev–Trinajstić information content (AvgIpc) is 2.85. The second-order valence-electron chi connectivity index (χ2n) is 5.31. The average molecular weight is 237 g/mol. The van der Waals surface area contributed by atoms with Crippen molar-refractivity contribution in [3.63, 3.8) is 0 Å². The Hall–Kier alpha value is -1.52. The summed E-state index contributed by atoms with van der Waals surface area (Å²) < 4.78 is 7.36. The first kappa shape index (κ1) is 12.0. The molecule has 5 heteroatoms. The lowest BCUT2D eigenvalue weighted by atomic mass is 10.2. The van der Waals surface area contributed by atoms with Gasteiger partial charge in [-0.1, -0.05) is 0 Å². The summed E-state index contributed by atoms with van der Waals surface area (Å²) in [6, 6.07) is 0. The van der Waals surface area contributed by atoms with Crippen LogP contribution in [0.15, 0.2) is 18.7 Å². The molecule has 0 N–H and O–H groups in total. The van der Waals surface area contributed by atoms with E-state index < -0.39 is 5.60 Å². The Kier molecular flexibility index (Phi) is 3.09. The zero-order valence-electron chi connectivity index (χ0n) is 10.6. The van der Waals surface area contributed by atoms with Gasteiger partial charge in [0.2, 0.25) is 0 Å². The fraction of sp³-hybridized carbons (Fsp3) is 0.667. The van der Waals surface area contributed by atoms with Crippen LogP contribution in [0.25, 0.3) is 0 Å². The number of ether oxygens (including phenoxy) is 1. The summed E-state index contributed by atoms with van der Waals surface area (Å²) in [5, 5.41) is 0. The van der Waals surface area contributed by atoms with Crippen molar-refractivity contribution in [1.82, 2.24) is 14.5 Å². The van der Waals surface area contributed by atoms with E-state index in [-0.39, 0.29) is 12.3 Å². The third kappa shape index (κ3) is 2.78. The molecule has 1 aliphatic heterocycles. The molecular weight excluding hydrogens is 218 g/mol. The van der Waals surface area contributed by atoms with Crippen molar-refractivity contribution < 1.29 is 9.53 Å². The lowest BCUT2D eigenvalue weighted by Gasteiger charge is -2.29. The number of hydrogen-bond donors (Lipinski definition) is 0. The van der Waals surface area contributed by atoms with Gasteiger partial charge in [0.15, 0.2) is 0 Å². The molecular formula is C12H19N3O2. The van der Waals surface area contributed by atoms with Crippen LogP contribution in [-0.2, 0) is 4.74 Å². The van der Waals surface area contributed by atoms with E-state index >= 15 is 0 Å². The lowest BCUT2D eigenvalue weighted by molar-refractivity contribution is 0.0163. The minimum Gasteiger partial charge on any atom is -0.444 e. The van der Waals surface area contributed by atoms with Gasteiger partial charge in [-0.3, -0.25) is 4.90 Å². The van der Waals surface area contributed by atoms with E-state index in [0.29, 0.717) is 0 Å². The van der Waals surface area contributed by atoms with Crippen LogP contribution in [0.5, 0.6) is 0 Å². The first-order valence-electron chi connectivity index (χ1n) is 5.94. The van der Waals surface area contributed by atoms with Crippen LogP contribution in [0.3, 0.4) is 0 Å². The third-order valence-corrected chi connectivity index (χ3v) is 2.72. The molecule has 1 amide bonds. The minimum atomic E-state index is -0.445. The Bertz CT molecular complexity index is 381. The number of imidazole rings is 1. The van der Waals surface area contributed by atoms with E-state index in [1.165, 1.54) is 0 Å². The van der Waals surface area contributed by atoms with E-state index in [1.807, 2.05) is 31.5 Å². The van der Waals surface area contributed by atoms with Crippen LogP contribution in [0.1, 0.15) is 39.8 Å². The van der Waals surface area contributed by atoms with Crippen LogP contribution in [-0.4, -0.2) is 32.7 Å². The number of rotatable bonds is 1. The van der Waals surface area contributed by atoms with E-state index in [2.05, 4.69) is 4.98 Å². The molecule has 0 aromatic carbocycles. The zero-order chi connectivity index (χ0) is 12.5. The Balaban J connectivity index is 2.07. The standard InChI is InChI=1S/C12H19N3O2/c1-12(2,3)17-11(16)15-7-4-5-10(15)14-8-6-13-9-14/h6,8-10H,4-5,7H2,1-3H3. The fourth-order valence-electron chi connectivity index (χ4n) is 2.04. The molecule has 1 atom stereocenters. The molecule has 2 rings (SSSR count). The molecule has 0 saturated carbocycles. The molecule has 0 bridgehead atoms.